The van der Waals surface area contributed by atoms with Crippen molar-refractivity contribution in [1.29, 1.82) is 0 Å². The zero-order chi connectivity index (χ0) is 21.8. The van der Waals surface area contributed by atoms with Gasteiger partial charge in [0, 0.05) is 48.7 Å². The molecule has 1 aliphatic heterocycles. The van der Waals surface area contributed by atoms with E-state index in [2.05, 4.69) is 4.90 Å². The number of piperazine rings is 1. The van der Waals surface area contributed by atoms with Crippen molar-refractivity contribution in [3.63, 3.8) is 0 Å². The summed E-state index contributed by atoms with van der Waals surface area (Å²) in [4.78, 5) is 15.4. The fourth-order valence-corrected chi connectivity index (χ4v) is 6.90. The van der Waals surface area contributed by atoms with Crippen LogP contribution in [0.25, 0.3) is 0 Å². The summed E-state index contributed by atoms with van der Waals surface area (Å²) >= 11 is 6.04. The van der Waals surface area contributed by atoms with Gasteiger partial charge >= 0.3 is 0 Å². The molecule has 5 nitrogen and oxygen atoms in total. The predicted molar refractivity (Wildman–Crippen MR) is 130 cm³/mol. The smallest absolute Gasteiger partial charge is 0.214 e. The number of nitrogens with zero attached hydrogens (tertiary/aromatic N) is 2. The Morgan fingerprint density at radius 1 is 1.10 bits per heavy atom. The van der Waals surface area contributed by atoms with Gasteiger partial charge in [-0.25, -0.2) is 8.42 Å². The molecule has 0 bridgehead atoms. The van der Waals surface area contributed by atoms with Gasteiger partial charge in [0.25, 0.3) is 0 Å². The zero-order valence-electron chi connectivity index (χ0n) is 18.7. The molecule has 1 saturated heterocycles. The molecule has 1 aromatic carbocycles. The van der Waals surface area contributed by atoms with Crippen molar-refractivity contribution in [2.75, 3.05) is 31.9 Å². The van der Waals surface area contributed by atoms with Crippen molar-refractivity contribution in [1.82, 2.24) is 9.21 Å². The van der Waals surface area contributed by atoms with Crippen LogP contribution in [-0.2, 0) is 10.0 Å². The van der Waals surface area contributed by atoms with Crippen molar-refractivity contribution >= 4 is 39.8 Å². The molecule has 31 heavy (non-hydrogen) atoms. The second kappa shape index (κ2) is 11.5. The number of rotatable bonds is 8. The van der Waals surface area contributed by atoms with E-state index in [0.29, 0.717) is 31.0 Å². The molecule has 0 atom stereocenters. The third-order valence-electron chi connectivity index (χ3n) is 6.86. The molecule has 1 aromatic rings. The van der Waals surface area contributed by atoms with E-state index in [9.17, 15) is 13.2 Å². The SMILES string of the molecule is CCCS(=O)(=O)N1CCN(C2(CCC(=O)c3ccc(Cl)cc3C)CCCCC2)CC1.Cl. The van der Waals surface area contributed by atoms with Gasteiger partial charge in [0.1, 0.15) is 0 Å². The number of hydrogen-bond donors (Lipinski definition) is 0. The lowest BCUT2D eigenvalue weighted by Crippen LogP contribution is -2.58. The van der Waals surface area contributed by atoms with Gasteiger partial charge < -0.3 is 0 Å². The molecule has 0 spiro atoms. The summed E-state index contributed by atoms with van der Waals surface area (Å²) in [5.41, 5.74) is 1.72. The standard InChI is InChI=1S/C23H35ClN2O3S.ClH/c1-3-17-30(28,29)26-15-13-25(14-16-26)23(10-5-4-6-11-23)12-9-22(27)21-8-7-20(24)18-19(21)2;/h7-8,18H,3-6,9-17H2,1-2H3;1H. The molecule has 0 N–H and O–H groups in total. The fraction of sp³-hybridized carbons (Fsp3) is 0.696. The van der Waals surface area contributed by atoms with E-state index >= 15 is 0 Å². The molecule has 2 aliphatic rings. The lowest BCUT2D eigenvalue weighted by molar-refractivity contribution is 0.0165. The monoisotopic (exact) mass is 490 g/mol. The molecular weight excluding hydrogens is 455 g/mol. The second-order valence-electron chi connectivity index (χ2n) is 8.87. The first-order chi connectivity index (χ1) is 14.3. The van der Waals surface area contributed by atoms with Crippen LogP contribution in [0.4, 0.5) is 0 Å². The summed E-state index contributed by atoms with van der Waals surface area (Å²) in [5, 5.41) is 0.656. The maximum Gasteiger partial charge on any atom is 0.214 e. The largest absolute Gasteiger partial charge is 0.295 e. The number of hydrogen-bond acceptors (Lipinski definition) is 4. The van der Waals surface area contributed by atoms with E-state index in [1.807, 2.05) is 26.0 Å². The predicted octanol–water partition coefficient (Wildman–Crippen LogP) is 5.09. The van der Waals surface area contributed by atoms with Crippen molar-refractivity contribution in [2.45, 2.75) is 70.8 Å². The Hall–Kier alpha value is -0.660. The maximum atomic E-state index is 13.0. The first kappa shape index (κ1) is 26.6. The van der Waals surface area contributed by atoms with Crippen LogP contribution in [-0.4, -0.2) is 60.9 Å². The highest BCUT2D eigenvalue weighted by Crippen LogP contribution is 2.38. The normalized spacial score (nSPS) is 20.2. The Labute approximate surface area is 199 Å². The van der Waals surface area contributed by atoms with Crippen LogP contribution in [0.3, 0.4) is 0 Å². The van der Waals surface area contributed by atoms with E-state index in [1.54, 1.807) is 10.4 Å². The van der Waals surface area contributed by atoms with Gasteiger partial charge in [0.15, 0.2) is 5.78 Å². The molecule has 1 aliphatic carbocycles. The number of ketones is 1. The topological polar surface area (TPSA) is 57.7 Å². The highest BCUT2D eigenvalue weighted by molar-refractivity contribution is 7.89. The second-order valence-corrected chi connectivity index (χ2v) is 11.4. The van der Waals surface area contributed by atoms with Crippen LogP contribution >= 0.6 is 24.0 Å². The average Bonchev–Trinajstić information content (AvgIpc) is 2.73. The zero-order valence-corrected chi connectivity index (χ0v) is 21.1. The summed E-state index contributed by atoms with van der Waals surface area (Å²) in [6.07, 6.45) is 7.83. The van der Waals surface area contributed by atoms with Gasteiger partial charge in [-0.2, -0.15) is 4.31 Å². The molecule has 0 aromatic heterocycles. The Balaban J connectivity index is 0.00000341. The van der Waals surface area contributed by atoms with Crippen molar-refractivity contribution in [3.05, 3.63) is 34.3 Å². The van der Waals surface area contributed by atoms with E-state index in [4.69, 9.17) is 11.6 Å². The van der Waals surface area contributed by atoms with Gasteiger partial charge in [0.05, 0.1) is 5.75 Å². The summed E-state index contributed by atoms with van der Waals surface area (Å²) in [5.74, 6) is 0.408. The third-order valence-corrected chi connectivity index (χ3v) is 9.17. The maximum absolute atomic E-state index is 13.0. The van der Waals surface area contributed by atoms with E-state index in [-0.39, 0.29) is 29.5 Å². The van der Waals surface area contributed by atoms with Crippen molar-refractivity contribution < 1.29 is 13.2 Å². The summed E-state index contributed by atoms with van der Waals surface area (Å²) in [7, 11) is -3.14. The minimum absolute atomic E-state index is 0. The number of sulfonamides is 1. The Bertz CT molecular complexity index is 846. The number of halogens is 2. The quantitative estimate of drug-likeness (QED) is 0.475. The van der Waals surface area contributed by atoms with Crippen LogP contribution in [0.1, 0.15) is 74.2 Å². The lowest BCUT2D eigenvalue weighted by Gasteiger charge is -2.50. The Morgan fingerprint density at radius 2 is 1.74 bits per heavy atom. The van der Waals surface area contributed by atoms with Crippen molar-refractivity contribution in [3.8, 4) is 0 Å². The minimum Gasteiger partial charge on any atom is -0.295 e. The molecule has 0 unspecified atom stereocenters. The molecule has 2 fully saturated rings. The number of carbonyl (C=O) groups is 1. The third kappa shape index (κ3) is 6.44. The summed E-state index contributed by atoms with van der Waals surface area (Å²) in [6.45, 7) is 6.49. The summed E-state index contributed by atoms with van der Waals surface area (Å²) < 4.78 is 26.5. The van der Waals surface area contributed by atoms with Gasteiger partial charge in [-0.05, 0) is 56.4 Å². The number of aryl methyl sites for hydroxylation is 1. The van der Waals surface area contributed by atoms with Crippen LogP contribution in [0.15, 0.2) is 18.2 Å². The van der Waals surface area contributed by atoms with Gasteiger partial charge in [-0.15, -0.1) is 12.4 Å². The van der Waals surface area contributed by atoms with E-state index in [0.717, 1.165) is 43.5 Å². The first-order valence-corrected chi connectivity index (χ1v) is 13.3. The van der Waals surface area contributed by atoms with Crippen LogP contribution in [0.5, 0.6) is 0 Å². The van der Waals surface area contributed by atoms with Crippen molar-refractivity contribution in [2.24, 2.45) is 0 Å². The first-order valence-electron chi connectivity index (χ1n) is 11.3. The average molecular weight is 492 g/mol. The van der Waals surface area contributed by atoms with E-state index in [1.165, 1.54) is 19.3 Å². The van der Waals surface area contributed by atoms with Gasteiger partial charge in [-0.3, -0.25) is 9.69 Å². The number of Topliss-reactive ketones (excluding diaryl/α,β-unsaturated/α-hetero) is 1. The highest BCUT2D eigenvalue weighted by atomic mass is 35.5. The van der Waals surface area contributed by atoms with Crippen LogP contribution in [0, 0.1) is 6.92 Å². The summed E-state index contributed by atoms with van der Waals surface area (Å²) in [6, 6.07) is 5.47. The molecule has 8 heteroatoms. The van der Waals surface area contributed by atoms with E-state index < -0.39 is 10.0 Å². The fourth-order valence-electron chi connectivity index (χ4n) is 5.18. The molecule has 3 rings (SSSR count). The molecule has 1 heterocycles. The molecule has 0 radical (unpaired) electrons. The Kier molecular flexibility index (Phi) is 9.83. The number of benzene rings is 1. The van der Waals surface area contributed by atoms with Crippen LogP contribution in [0.2, 0.25) is 5.02 Å². The molecular formula is C23H36Cl2N2O3S. The van der Waals surface area contributed by atoms with Gasteiger partial charge in [-0.1, -0.05) is 37.8 Å². The molecule has 0 amide bonds. The number of carbonyl (C=O) groups excluding carboxylic acids is 1. The minimum atomic E-state index is -3.14. The molecule has 176 valence electrons. The highest BCUT2D eigenvalue weighted by Gasteiger charge is 2.40. The molecule has 1 saturated carbocycles. The Morgan fingerprint density at radius 3 is 2.32 bits per heavy atom. The van der Waals surface area contributed by atoms with Gasteiger partial charge in [0.2, 0.25) is 10.0 Å². The lowest BCUT2D eigenvalue weighted by atomic mass is 9.76. The van der Waals surface area contributed by atoms with Crippen LogP contribution < -0.4 is 0 Å².